The van der Waals surface area contributed by atoms with Crippen LogP contribution in [-0.2, 0) is 24.3 Å². The molecule has 1 aromatic heterocycles. The van der Waals surface area contributed by atoms with E-state index < -0.39 is 34.5 Å². The summed E-state index contributed by atoms with van der Waals surface area (Å²) < 4.78 is 36.9. The van der Waals surface area contributed by atoms with Gasteiger partial charge in [-0.1, -0.05) is 18.2 Å². The molecule has 1 aliphatic heterocycles. The highest BCUT2D eigenvalue weighted by molar-refractivity contribution is 7.89. The summed E-state index contributed by atoms with van der Waals surface area (Å²) in [5, 5.41) is 0. The molecule has 3 rings (SSSR count). The van der Waals surface area contributed by atoms with E-state index in [1.54, 1.807) is 39.0 Å². The van der Waals surface area contributed by atoms with E-state index in [4.69, 9.17) is 9.47 Å². The smallest absolute Gasteiger partial charge is 0.355 e. The van der Waals surface area contributed by atoms with Gasteiger partial charge in [-0.2, -0.15) is 4.31 Å². The Balaban J connectivity index is 1.56. The van der Waals surface area contributed by atoms with Crippen LogP contribution in [0.15, 0.2) is 35.2 Å². The van der Waals surface area contributed by atoms with Gasteiger partial charge in [-0.25, -0.2) is 18.0 Å². The Labute approximate surface area is 192 Å². The number of benzene rings is 1. The van der Waals surface area contributed by atoms with Gasteiger partial charge in [0.15, 0.2) is 6.61 Å². The first kappa shape index (κ1) is 24.5. The van der Waals surface area contributed by atoms with E-state index in [0.717, 1.165) is 0 Å². The van der Waals surface area contributed by atoms with Crippen molar-refractivity contribution in [1.82, 2.24) is 14.2 Å². The van der Waals surface area contributed by atoms with Gasteiger partial charge >= 0.3 is 11.9 Å². The first-order valence-corrected chi connectivity index (χ1v) is 12.0. The fourth-order valence-corrected chi connectivity index (χ4v) is 5.12. The molecule has 0 spiro atoms. The minimum atomic E-state index is -3.62. The number of ether oxygens (including phenoxy) is 2. The van der Waals surface area contributed by atoms with Gasteiger partial charge < -0.3 is 19.4 Å². The molecule has 11 heteroatoms. The second-order valence-electron chi connectivity index (χ2n) is 7.52. The van der Waals surface area contributed by atoms with Gasteiger partial charge in [-0.05, 0) is 38.5 Å². The van der Waals surface area contributed by atoms with Crippen molar-refractivity contribution in [2.75, 3.05) is 39.4 Å². The van der Waals surface area contributed by atoms with Crippen molar-refractivity contribution in [3.05, 3.63) is 52.8 Å². The summed E-state index contributed by atoms with van der Waals surface area (Å²) in [6, 6.07) is 8.12. The number of carbonyl (C=O) groups excluding carboxylic acids is 3. The largest absolute Gasteiger partial charge is 0.461 e. The molecule has 1 saturated heterocycles. The summed E-state index contributed by atoms with van der Waals surface area (Å²) in [6.45, 7) is 5.30. The average molecular weight is 478 g/mol. The van der Waals surface area contributed by atoms with Crippen LogP contribution in [0.1, 0.15) is 39.0 Å². The quantitative estimate of drug-likeness (QED) is 0.599. The lowest BCUT2D eigenvalue weighted by Gasteiger charge is -2.33. The van der Waals surface area contributed by atoms with E-state index in [1.165, 1.54) is 21.3 Å². The van der Waals surface area contributed by atoms with Crippen molar-refractivity contribution in [2.24, 2.45) is 0 Å². The molecule has 33 heavy (non-hydrogen) atoms. The zero-order chi connectivity index (χ0) is 24.2. The van der Waals surface area contributed by atoms with Gasteiger partial charge in [0.25, 0.3) is 5.91 Å². The highest BCUT2D eigenvalue weighted by Crippen LogP contribution is 2.20. The number of nitrogens with one attached hydrogen (secondary N) is 1. The fourth-order valence-electron chi connectivity index (χ4n) is 3.67. The van der Waals surface area contributed by atoms with Crippen LogP contribution in [0.4, 0.5) is 0 Å². The van der Waals surface area contributed by atoms with Crippen molar-refractivity contribution in [2.45, 2.75) is 25.7 Å². The number of hydrogen-bond acceptors (Lipinski definition) is 7. The van der Waals surface area contributed by atoms with Gasteiger partial charge in [-0.15, -0.1) is 0 Å². The van der Waals surface area contributed by atoms with Crippen molar-refractivity contribution in [3.63, 3.8) is 0 Å². The number of aryl methyl sites for hydroxylation is 1. The lowest BCUT2D eigenvalue weighted by atomic mass is 10.1. The fraction of sp³-hybridized carbons (Fsp3) is 0.409. The Hall–Kier alpha value is -3.18. The van der Waals surface area contributed by atoms with Crippen molar-refractivity contribution < 1.29 is 32.3 Å². The van der Waals surface area contributed by atoms with Gasteiger partial charge in [-0.3, -0.25) is 4.79 Å². The molecule has 0 atom stereocenters. The number of H-pyrrole nitrogens is 1. The summed E-state index contributed by atoms with van der Waals surface area (Å²) in [4.78, 5) is 41.6. The van der Waals surface area contributed by atoms with Crippen LogP contribution >= 0.6 is 0 Å². The predicted octanol–water partition coefficient (Wildman–Crippen LogP) is 1.50. The number of hydrogen-bond donors (Lipinski definition) is 1. The molecule has 2 aromatic rings. The van der Waals surface area contributed by atoms with Gasteiger partial charge in [0, 0.05) is 31.9 Å². The van der Waals surface area contributed by atoms with E-state index in [0.29, 0.717) is 11.3 Å². The molecule has 0 aliphatic carbocycles. The first-order chi connectivity index (χ1) is 15.7. The van der Waals surface area contributed by atoms with Gasteiger partial charge in [0.1, 0.15) is 5.69 Å². The lowest BCUT2D eigenvalue weighted by molar-refractivity contribution is -0.135. The predicted molar refractivity (Wildman–Crippen MR) is 118 cm³/mol. The van der Waals surface area contributed by atoms with Gasteiger partial charge in [0.05, 0.1) is 17.1 Å². The van der Waals surface area contributed by atoms with Crippen LogP contribution in [-0.4, -0.2) is 79.8 Å². The summed E-state index contributed by atoms with van der Waals surface area (Å²) in [6.07, 6.45) is 0. The van der Waals surface area contributed by atoms with Crippen LogP contribution in [0.2, 0.25) is 0 Å². The van der Waals surface area contributed by atoms with Crippen LogP contribution in [0.3, 0.4) is 0 Å². The Kier molecular flexibility index (Phi) is 7.54. The maximum Gasteiger partial charge on any atom is 0.355 e. The highest BCUT2D eigenvalue weighted by Gasteiger charge is 2.31. The number of aromatic nitrogens is 1. The maximum absolute atomic E-state index is 12.7. The van der Waals surface area contributed by atoms with E-state index in [9.17, 15) is 22.8 Å². The summed E-state index contributed by atoms with van der Waals surface area (Å²) in [5.74, 6) is -1.72. The molecule has 1 N–H and O–H groups in total. The zero-order valence-electron chi connectivity index (χ0n) is 18.8. The summed E-state index contributed by atoms with van der Waals surface area (Å²) >= 11 is 0. The summed E-state index contributed by atoms with van der Waals surface area (Å²) in [7, 11) is -3.62. The number of piperazine rings is 1. The van der Waals surface area contributed by atoms with E-state index >= 15 is 0 Å². The number of sulfonamides is 1. The Morgan fingerprint density at radius 3 is 2.21 bits per heavy atom. The molecule has 1 amide bonds. The first-order valence-electron chi connectivity index (χ1n) is 10.5. The molecule has 1 fully saturated rings. The number of aromatic amines is 1. The second-order valence-corrected chi connectivity index (χ2v) is 9.46. The molecule has 1 aliphatic rings. The van der Waals surface area contributed by atoms with Crippen LogP contribution in [0, 0.1) is 13.8 Å². The Bertz CT molecular complexity index is 1130. The molecule has 0 radical (unpaired) electrons. The topological polar surface area (TPSA) is 126 Å². The molecular formula is C22H27N3O7S. The molecule has 0 saturated carbocycles. The van der Waals surface area contributed by atoms with Crippen molar-refractivity contribution in [3.8, 4) is 0 Å². The van der Waals surface area contributed by atoms with Crippen molar-refractivity contribution >= 4 is 27.9 Å². The zero-order valence-corrected chi connectivity index (χ0v) is 19.6. The molecule has 178 valence electrons. The minimum Gasteiger partial charge on any atom is -0.461 e. The summed E-state index contributed by atoms with van der Waals surface area (Å²) in [5.41, 5.74) is 1.18. The van der Waals surface area contributed by atoms with E-state index in [1.807, 2.05) is 0 Å². The highest BCUT2D eigenvalue weighted by atomic mass is 32.2. The van der Waals surface area contributed by atoms with Crippen LogP contribution in [0.5, 0.6) is 0 Å². The van der Waals surface area contributed by atoms with E-state index in [-0.39, 0.29) is 48.9 Å². The van der Waals surface area contributed by atoms with Crippen molar-refractivity contribution in [1.29, 1.82) is 0 Å². The molecule has 0 bridgehead atoms. The third-order valence-corrected chi connectivity index (χ3v) is 7.33. The lowest BCUT2D eigenvalue weighted by Crippen LogP contribution is -2.51. The number of amides is 1. The normalized spacial score (nSPS) is 14.7. The standard InChI is InChI=1S/C22H27N3O7S/c1-4-31-22(28)20-15(2)19(16(3)23-20)21(27)32-14-18(26)24-10-12-25(13-11-24)33(29,30)17-8-6-5-7-9-17/h5-9,23H,4,10-14H2,1-3H3. The Morgan fingerprint density at radius 2 is 1.61 bits per heavy atom. The third-order valence-electron chi connectivity index (χ3n) is 5.42. The number of nitrogens with zero attached hydrogens (tertiary/aromatic N) is 2. The van der Waals surface area contributed by atoms with Crippen LogP contribution in [0.25, 0.3) is 0 Å². The maximum atomic E-state index is 12.7. The Morgan fingerprint density at radius 1 is 0.970 bits per heavy atom. The number of rotatable bonds is 7. The van der Waals surface area contributed by atoms with E-state index in [2.05, 4.69) is 4.98 Å². The number of carbonyl (C=O) groups is 3. The van der Waals surface area contributed by atoms with Gasteiger partial charge in [0.2, 0.25) is 10.0 Å². The minimum absolute atomic E-state index is 0.149. The monoisotopic (exact) mass is 477 g/mol. The SMILES string of the molecule is CCOC(=O)c1[nH]c(C)c(C(=O)OCC(=O)N2CCN(S(=O)(=O)c3ccccc3)CC2)c1C. The van der Waals surface area contributed by atoms with Crippen LogP contribution < -0.4 is 0 Å². The molecule has 0 unspecified atom stereocenters. The second kappa shape index (κ2) is 10.2. The average Bonchev–Trinajstić information content (AvgIpc) is 3.12. The third kappa shape index (κ3) is 5.25. The molecule has 2 heterocycles. The number of esters is 2. The molecule has 1 aromatic carbocycles. The molecule has 10 nitrogen and oxygen atoms in total. The molecular weight excluding hydrogens is 450 g/mol.